The van der Waals surface area contributed by atoms with E-state index < -0.39 is 0 Å². The highest BCUT2D eigenvalue weighted by atomic mass is 16.5. The van der Waals surface area contributed by atoms with Gasteiger partial charge in [-0.25, -0.2) is 0 Å². The minimum Gasteiger partial charge on any atom is -0.389 e. The molecule has 1 aliphatic heterocycles. The summed E-state index contributed by atoms with van der Waals surface area (Å²) in [6.07, 6.45) is -0.168. The van der Waals surface area contributed by atoms with E-state index in [4.69, 9.17) is 4.74 Å². The highest BCUT2D eigenvalue weighted by molar-refractivity contribution is 4.79. The number of aliphatic hydroxyl groups is 1. The highest BCUT2D eigenvalue weighted by Gasteiger charge is 2.23. The van der Waals surface area contributed by atoms with Crippen LogP contribution in [0.25, 0.3) is 0 Å². The van der Waals surface area contributed by atoms with E-state index in [2.05, 4.69) is 23.6 Å². The van der Waals surface area contributed by atoms with Crippen LogP contribution in [0.5, 0.6) is 0 Å². The van der Waals surface area contributed by atoms with Crippen molar-refractivity contribution in [2.24, 2.45) is 0 Å². The lowest BCUT2D eigenvalue weighted by molar-refractivity contribution is -0.0193. The molecule has 4 heteroatoms. The normalized spacial score (nSPS) is 25.4. The summed E-state index contributed by atoms with van der Waals surface area (Å²) in [5.41, 5.74) is 0. The van der Waals surface area contributed by atoms with Gasteiger partial charge in [0.05, 0.1) is 18.8 Å². The fourth-order valence-electron chi connectivity index (χ4n) is 2.36. The van der Waals surface area contributed by atoms with E-state index >= 15 is 0 Å². The largest absolute Gasteiger partial charge is 0.389 e. The van der Waals surface area contributed by atoms with Crippen LogP contribution in [0.2, 0.25) is 0 Å². The molecule has 0 aromatic rings. The molecule has 0 radical (unpaired) electrons. The quantitative estimate of drug-likeness (QED) is 0.750. The molecule has 0 saturated carbocycles. The summed E-state index contributed by atoms with van der Waals surface area (Å²) in [6, 6.07) is 0.590. The summed E-state index contributed by atoms with van der Waals surface area (Å²) in [5, 5.41) is 9.88. The second-order valence-electron chi connectivity index (χ2n) is 5.27. The molecule has 0 aromatic heterocycles. The molecule has 2 unspecified atom stereocenters. The molecular formula is C13H28N2O2. The van der Waals surface area contributed by atoms with Gasteiger partial charge in [0.1, 0.15) is 0 Å². The first-order valence-electron chi connectivity index (χ1n) is 6.79. The maximum Gasteiger partial charge on any atom is 0.0900 e. The lowest BCUT2D eigenvalue weighted by Crippen LogP contribution is -2.53. The Morgan fingerprint density at radius 3 is 2.59 bits per heavy atom. The van der Waals surface area contributed by atoms with Gasteiger partial charge >= 0.3 is 0 Å². The number of likely N-dealkylation sites (N-methyl/N-ethyl adjacent to an activating group) is 1. The molecule has 1 aliphatic rings. The molecule has 4 nitrogen and oxygen atoms in total. The Bertz CT molecular complexity index is 212. The van der Waals surface area contributed by atoms with Gasteiger partial charge in [-0.3, -0.25) is 9.80 Å². The van der Waals surface area contributed by atoms with Gasteiger partial charge in [-0.2, -0.15) is 0 Å². The van der Waals surface area contributed by atoms with Crippen LogP contribution >= 0.6 is 0 Å². The minimum atomic E-state index is -0.363. The molecule has 102 valence electrons. The summed E-state index contributed by atoms with van der Waals surface area (Å²) in [6.45, 7) is 14.0. The van der Waals surface area contributed by atoms with E-state index in [1.807, 2.05) is 13.8 Å². The molecule has 0 aromatic carbocycles. The average molecular weight is 244 g/mol. The minimum absolute atomic E-state index is 0.195. The van der Waals surface area contributed by atoms with Gasteiger partial charge in [0.25, 0.3) is 0 Å². The number of aliphatic hydroxyl groups excluding tert-OH is 1. The van der Waals surface area contributed by atoms with E-state index in [-0.39, 0.29) is 12.2 Å². The molecule has 1 rings (SSSR count). The first kappa shape index (κ1) is 14.9. The predicted molar refractivity (Wildman–Crippen MR) is 70.2 cm³/mol. The molecule has 0 aliphatic carbocycles. The smallest absolute Gasteiger partial charge is 0.0900 e. The van der Waals surface area contributed by atoms with Crippen LogP contribution in [-0.2, 0) is 4.74 Å². The summed E-state index contributed by atoms with van der Waals surface area (Å²) < 4.78 is 5.43. The van der Waals surface area contributed by atoms with E-state index in [1.165, 1.54) is 0 Å². The summed E-state index contributed by atoms with van der Waals surface area (Å²) >= 11 is 0. The van der Waals surface area contributed by atoms with Crippen molar-refractivity contribution >= 4 is 0 Å². The monoisotopic (exact) mass is 244 g/mol. The van der Waals surface area contributed by atoms with Gasteiger partial charge in [-0.15, -0.1) is 0 Å². The third-order valence-corrected chi connectivity index (χ3v) is 3.35. The van der Waals surface area contributed by atoms with Gasteiger partial charge < -0.3 is 9.84 Å². The molecule has 17 heavy (non-hydrogen) atoms. The van der Waals surface area contributed by atoms with Crippen LogP contribution < -0.4 is 0 Å². The Labute approximate surface area is 106 Å². The number of hydrogen-bond acceptors (Lipinski definition) is 4. The van der Waals surface area contributed by atoms with Crippen LogP contribution in [0.15, 0.2) is 0 Å². The molecule has 1 saturated heterocycles. The molecular weight excluding hydrogens is 216 g/mol. The third-order valence-electron chi connectivity index (χ3n) is 3.35. The number of ether oxygens (including phenoxy) is 1. The Morgan fingerprint density at radius 2 is 2.06 bits per heavy atom. The second-order valence-corrected chi connectivity index (χ2v) is 5.27. The molecule has 2 atom stereocenters. The van der Waals surface area contributed by atoms with Crippen molar-refractivity contribution in [3.05, 3.63) is 0 Å². The van der Waals surface area contributed by atoms with Gasteiger partial charge in [0.2, 0.25) is 0 Å². The zero-order valence-corrected chi connectivity index (χ0v) is 11.7. The lowest BCUT2D eigenvalue weighted by atomic mass is 10.2. The average Bonchev–Trinajstić information content (AvgIpc) is 2.26. The van der Waals surface area contributed by atoms with Gasteiger partial charge in [-0.1, -0.05) is 6.92 Å². The van der Waals surface area contributed by atoms with Crippen LogP contribution in [-0.4, -0.2) is 72.5 Å². The van der Waals surface area contributed by atoms with E-state index in [0.717, 1.165) is 32.7 Å². The van der Waals surface area contributed by atoms with Crippen molar-refractivity contribution in [2.45, 2.75) is 45.9 Å². The Kier molecular flexibility index (Phi) is 6.41. The maximum absolute atomic E-state index is 9.88. The van der Waals surface area contributed by atoms with Gasteiger partial charge in [-0.05, 0) is 27.3 Å². The van der Waals surface area contributed by atoms with Crippen LogP contribution in [0.4, 0.5) is 0 Å². The second kappa shape index (κ2) is 7.31. The molecule has 0 bridgehead atoms. The van der Waals surface area contributed by atoms with E-state index in [1.54, 1.807) is 0 Å². The van der Waals surface area contributed by atoms with Gasteiger partial charge in [0.15, 0.2) is 0 Å². The van der Waals surface area contributed by atoms with Gasteiger partial charge in [0, 0.05) is 32.2 Å². The predicted octanol–water partition coefficient (Wildman–Crippen LogP) is 0.798. The van der Waals surface area contributed by atoms with Crippen LogP contribution in [0.1, 0.15) is 27.7 Å². The number of piperazine rings is 1. The molecule has 0 amide bonds. The Morgan fingerprint density at radius 1 is 1.35 bits per heavy atom. The number of hydrogen-bond donors (Lipinski definition) is 1. The standard InChI is InChI=1S/C13H28N2O2/c1-5-15-7-6-14(8-12(15)4)9-13(16)10-17-11(2)3/h11-13,16H,5-10H2,1-4H3. The summed E-state index contributed by atoms with van der Waals surface area (Å²) in [5.74, 6) is 0. The number of rotatable bonds is 6. The lowest BCUT2D eigenvalue weighted by Gasteiger charge is -2.40. The molecule has 1 heterocycles. The zero-order valence-electron chi connectivity index (χ0n) is 11.7. The molecule has 0 spiro atoms. The summed E-state index contributed by atoms with van der Waals surface area (Å²) in [4.78, 5) is 4.82. The highest BCUT2D eigenvalue weighted by Crippen LogP contribution is 2.09. The first-order valence-corrected chi connectivity index (χ1v) is 6.79. The van der Waals surface area contributed by atoms with Crippen molar-refractivity contribution in [3.63, 3.8) is 0 Å². The van der Waals surface area contributed by atoms with E-state index in [9.17, 15) is 5.11 Å². The van der Waals surface area contributed by atoms with Crippen molar-refractivity contribution in [1.29, 1.82) is 0 Å². The zero-order chi connectivity index (χ0) is 12.8. The fourth-order valence-corrected chi connectivity index (χ4v) is 2.36. The SMILES string of the molecule is CCN1CCN(CC(O)COC(C)C)CC1C. The fraction of sp³-hybridized carbons (Fsp3) is 1.00. The third kappa shape index (κ3) is 5.34. The van der Waals surface area contributed by atoms with Crippen molar-refractivity contribution < 1.29 is 9.84 Å². The van der Waals surface area contributed by atoms with Crippen LogP contribution in [0.3, 0.4) is 0 Å². The maximum atomic E-state index is 9.88. The molecule has 1 N–H and O–H groups in total. The van der Waals surface area contributed by atoms with Crippen molar-refractivity contribution in [3.8, 4) is 0 Å². The topological polar surface area (TPSA) is 35.9 Å². The van der Waals surface area contributed by atoms with E-state index in [0.29, 0.717) is 12.6 Å². The number of nitrogens with zero attached hydrogens (tertiary/aromatic N) is 2. The first-order chi connectivity index (χ1) is 8.02. The van der Waals surface area contributed by atoms with Crippen molar-refractivity contribution in [1.82, 2.24) is 9.80 Å². The Balaban J connectivity index is 2.24. The summed E-state index contributed by atoms with van der Waals surface area (Å²) in [7, 11) is 0. The van der Waals surface area contributed by atoms with Crippen LogP contribution in [0, 0.1) is 0 Å². The number of β-amino-alcohol motifs (C(OH)–C–C–N with tert-alkyl or cyclic N) is 1. The van der Waals surface area contributed by atoms with Crippen molar-refractivity contribution in [2.75, 3.05) is 39.3 Å². The molecule has 1 fully saturated rings. The Hall–Kier alpha value is -0.160.